The van der Waals surface area contributed by atoms with E-state index in [2.05, 4.69) is 40.3 Å². The van der Waals surface area contributed by atoms with Gasteiger partial charge in [-0.2, -0.15) is 0 Å². The Labute approximate surface area is 105 Å². The van der Waals surface area contributed by atoms with Gasteiger partial charge in [0.15, 0.2) is 0 Å². The number of primary amides is 1. The van der Waals surface area contributed by atoms with Gasteiger partial charge in [0.2, 0.25) is 5.91 Å². The van der Waals surface area contributed by atoms with E-state index in [1.54, 1.807) is 0 Å². The Kier molecular flexibility index (Phi) is 5.49. The van der Waals surface area contributed by atoms with Crippen LogP contribution in [0, 0.1) is 0 Å². The lowest BCUT2D eigenvalue weighted by molar-refractivity contribution is -0.118. The lowest BCUT2D eigenvalue weighted by atomic mass is 10.1. The number of nitrogens with one attached hydrogen (secondary N) is 1. The molecule has 0 spiro atoms. The minimum atomic E-state index is -0.239. The average molecular weight is 285 g/mol. The van der Waals surface area contributed by atoms with Gasteiger partial charge in [-0.25, -0.2) is 0 Å². The van der Waals surface area contributed by atoms with Crippen molar-refractivity contribution in [2.24, 2.45) is 5.73 Å². The second-order valence-corrected chi connectivity index (χ2v) is 4.72. The van der Waals surface area contributed by atoms with Crippen molar-refractivity contribution in [1.29, 1.82) is 0 Å². The Balaban J connectivity index is 2.35. The summed E-state index contributed by atoms with van der Waals surface area (Å²) in [7, 11) is 0. The highest BCUT2D eigenvalue weighted by molar-refractivity contribution is 9.10. The molecular formula is C12H17BrN2O. The molecule has 0 saturated carbocycles. The van der Waals surface area contributed by atoms with Crippen molar-refractivity contribution >= 4 is 21.8 Å². The zero-order chi connectivity index (χ0) is 12.0. The number of nitrogens with two attached hydrogens (primary N) is 1. The highest BCUT2D eigenvalue weighted by atomic mass is 79.9. The molecule has 1 amide bonds. The molecule has 88 valence electrons. The van der Waals surface area contributed by atoms with Crippen LogP contribution in [0.1, 0.15) is 31.4 Å². The predicted octanol–water partition coefficient (Wildman–Crippen LogP) is 2.37. The van der Waals surface area contributed by atoms with Crippen molar-refractivity contribution in [3.63, 3.8) is 0 Å². The summed E-state index contributed by atoms with van der Waals surface area (Å²) in [6, 6.07) is 8.47. The molecule has 0 aliphatic rings. The zero-order valence-electron chi connectivity index (χ0n) is 9.37. The van der Waals surface area contributed by atoms with E-state index in [1.807, 2.05) is 12.1 Å². The molecule has 1 unspecified atom stereocenters. The molecule has 4 heteroatoms. The van der Waals surface area contributed by atoms with E-state index in [0.29, 0.717) is 6.42 Å². The predicted molar refractivity (Wildman–Crippen MR) is 69.0 cm³/mol. The van der Waals surface area contributed by atoms with E-state index in [9.17, 15) is 4.79 Å². The van der Waals surface area contributed by atoms with Crippen LogP contribution in [0.3, 0.4) is 0 Å². The first-order valence-corrected chi connectivity index (χ1v) is 6.16. The van der Waals surface area contributed by atoms with Crippen LogP contribution in [0.4, 0.5) is 0 Å². The number of carbonyl (C=O) groups excluding carboxylic acids is 1. The lowest BCUT2D eigenvalue weighted by Crippen LogP contribution is -2.21. The molecule has 0 aliphatic carbocycles. The van der Waals surface area contributed by atoms with Gasteiger partial charge in [0.1, 0.15) is 0 Å². The first kappa shape index (κ1) is 13.2. The van der Waals surface area contributed by atoms with Gasteiger partial charge in [-0.05, 0) is 37.6 Å². The fourth-order valence-electron chi connectivity index (χ4n) is 1.47. The molecule has 0 aliphatic heterocycles. The molecule has 0 radical (unpaired) electrons. The number of hydrogen-bond donors (Lipinski definition) is 2. The monoisotopic (exact) mass is 284 g/mol. The van der Waals surface area contributed by atoms with Crippen molar-refractivity contribution < 1.29 is 4.79 Å². The van der Waals surface area contributed by atoms with Crippen molar-refractivity contribution in [2.75, 3.05) is 6.54 Å². The summed E-state index contributed by atoms with van der Waals surface area (Å²) in [5.74, 6) is -0.239. The maximum absolute atomic E-state index is 10.5. The van der Waals surface area contributed by atoms with Crippen molar-refractivity contribution in [1.82, 2.24) is 5.32 Å². The summed E-state index contributed by atoms with van der Waals surface area (Å²) in [6.07, 6.45) is 1.23. The van der Waals surface area contributed by atoms with Gasteiger partial charge in [0.05, 0.1) is 0 Å². The second-order valence-electron chi connectivity index (χ2n) is 3.80. The first-order valence-electron chi connectivity index (χ1n) is 5.36. The molecule has 3 nitrogen and oxygen atoms in total. The van der Waals surface area contributed by atoms with Crippen LogP contribution >= 0.6 is 15.9 Å². The third kappa shape index (κ3) is 4.77. The summed E-state index contributed by atoms with van der Waals surface area (Å²) >= 11 is 3.44. The summed E-state index contributed by atoms with van der Waals surface area (Å²) in [5, 5.41) is 3.35. The summed E-state index contributed by atoms with van der Waals surface area (Å²) < 4.78 is 1.08. The van der Waals surface area contributed by atoms with E-state index in [-0.39, 0.29) is 11.9 Å². The summed E-state index contributed by atoms with van der Waals surface area (Å²) in [5.41, 5.74) is 6.30. The van der Waals surface area contributed by atoms with Crippen molar-refractivity contribution in [3.05, 3.63) is 34.3 Å². The van der Waals surface area contributed by atoms with E-state index in [0.717, 1.165) is 17.4 Å². The number of hydrogen-bond acceptors (Lipinski definition) is 2. The van der Waals surface area contributed by atoms with Gasteiger partial charge < -0.3 is 11.1 Å². The number of halogens is 1. The Hall–Kier alpha value is -0.870. The third-order valence-electron chi connectivity index (χ3n) is 2.40. The maximum Gasteiger partial charge on any atom is 0.217 e. The first-order chi connectivity index (χ1) is 7.59. The molecular weight excluding hydrogens is 268 g/mol. The van der Waals surface area contributed by atoms with Gasteiger partial charge in [-0.1, -0.05) is 28.1 Å². The maximum atomic E-state index is 10.5. The number of benzene rings is 1. The molecule has 1 rings (SSSR count). The molecule has 16 heavy (non-hydrogen) atoms. The lowest BCUT2D eigenvalue weighted by Gasteiger charge is -2.14. The highest BCUT2D eigenvalue weighted by Gasteiger charge is 2.04. The molecule has 3 N–H and O–H groups in total. The molecule has 0 bridgehead atoms. The quantitative estimate of drug-likeness (QED) is 0.788. The van der Waals surface area contributed by atoms with Gasteiger partial charge in [0.25, 0.3) is 0 Å². The molecule has 0 fully saturated rings. The third-order valence-corrected chi connectivity index (χ3v) is 2.89. The minimum Gasteiger partial charge on any atom is -0.370 e. The molecule has 1 aromatic rings. The van der Waals surface area contributed by atoms with Crippen LogP contribution in [0.5, 0.6) is 0 Å². The van der Waals surface area contributed by atoms with E-state index in [1.165, 1.54) is 5.56 Å². The van der Waals surface area contributed by atoms with Crippen molar-refractivity contribution in [3.8, 4) is 0 Å². The Bertz CT molecular complexity index is 355. The SMILES string of the molecule is CC(NCCCC(N)=O)c1cccc(Br)c1. The van der Waals surface area contributed by atoms with Gasteiger partial charge in [0, 0.05) is 16.9 Å². The fraction of sp³-hybridized carbons (Fsp3) is 0.417. The standard InChI is InChI=1S/C12H17BrN2O/c1-9(15-7-3-6-12(14)16)10-4-2-5-11(13)8-10/h2,4-5,8-9,15H,3,6-7H2,1H3,(H2,14,16). The van der Waals surface area contributed by atoms with Crippen LogP contribution in [-0.4, -0.2) is 12.5 Å². The van der Waals surface area contributed by atoms with Crippen molar-refractivity contribution in [2.45, 2.75) is 25.8 Å². The van der Waals surface area contributed by atoms with Crippen LogP contribution in [-0.2, 0) is 4.79 Å². The summed E-state index contributed by atoms with van der Waals surface area (Å²) in [4.78, 5) is 10.5. The van der Waals surface area contributed by atoms with E-state index >= 15 is 0 Å². The van der Waals surface area contributed by atoms with Crippen LogP contribution in [0.25, 0.3) is 0 Å². The molecule has 1 aromatic carbocycles. The van der Waals surface area contributed by atoms with Crippen LogP contribution < -0.4 is 11.1 Å². The fourth-order valence-corrected chi connectivity index (χ4v) is 1.89. The molecule has 0 heterocycles. The average Bonchev–Trinajstić information content (AvgIpc) is 2.24. The normalized spacial score (nSPS) is 12.4. The molecule has 0 aromatic heterocycles. The second kappa shape index (κ2) is 6.66. The summed E-state index contributed by atoms with van der Waals surface area (Å²) in [6.45, 7) is 2.91. The number of amides is 1. The van der Waals surface area contributed by atoms with Gasteiger partial charge in [-0.15, -0.1) is 0 Å². The molecule has 0 saturated heterocycles. The zero-order valence-corrected chi connectivity index (χ0v) is 11.0. The topological polar surface area (TPSA) is 55.1 Å². The number of carbonyl (C=O) groups is 1. The Morgan fingerprint density at radius 3 is 2.94 bits per heavy atom. The highest BCUT2D eigenvalue weighted by Crippen LogP contribution is 2.17. The van der Waals surface area contributed by atoms with Crippen LogP contribution in [0.15, 0.2) is 28.7 Å². The Morgan fingerprint density at radius 1 is 1.56 bits per heavy atom. The van der Waals surface area contributed by atoms with Gasteiger partial charge >= 0.3 is 0 Å². The molecule has 1 atom stereocenters. The largest absolute Gasteiger partial charge is 0.370 e. The Morgan fingerprint density at radius 2 is 2.31 bits per heavy atom. The minimum absolute atomic E-state index is 0.239. The smallest absolute Gasteiger partial charge is 0.217 e. The number of rotatable bonds is 6. The van der Waals surface area contributed by atoms with E-state index in [4.69, 9.17) is 5.73 Å². The van der Waals surface area contributed by atoms with Crippen LogP contribution in [0.2, 0.25) is 0 Å². The van der Waals surface area contributed by atoms with Gasteiger partial charge in [-0.3, -0.25) is 4.79 Å². The van der Waals surface area contributed by atoms with E-state index < -0.39 is 0 Å².